The smallest absolute Gasteiger partial charge is 0.340 e. The molecule has 0 saturated heterocycles. The minimum atomic E-state index is -0.472. The van der Waals surface area contributed by atoms with E-state index < -0.39 is 5.97 Å². The first-order valence-corrected chi connectivity index (χ1v) is 7.86. The molecule has 2 aromatic rings. The summed E-state index contributed by atoms with van der Waals surface area (Å²) in [4.78, 5) is 24.6. The van der Waals surface area contributed by atoms with Gasteiger partial charge < -0.3 is 14.8 Å². The van der Waals surface area contributed by atoms with Crippen LogP contribution < -0.4 is 10.1 Å². The van der Waals surface area contributed by atoms with Gasteiger partial charge in [0.05, 0.1) is 29.5 Å². The minimum Gasteiger partial charge on any atom is -0.490 e. The van der Waals surface area contributed by atoms with E-state index in [0.29, 0.717) is 22.6 Å². The first-order valence-electron chi connectivity index (χ1n) is 7.86. The number of para-hydroxylation sites is 2. The second-order valence-corrected chi connectivity index (χ2v) is 5.38. The first kappa shape index (κ1) is 17.5. The predicted molar refractivity (Wildman–Crippen MR) is 92.6 cm³/mol. The molecule has 1 amide bonds. The molecule has 24 heavy (non-hydrogen) atoms. The Morgan fingerprint density at radius 3 is 2.29 bits per heavy atom. The monoisotopic (exact) mass is 327 g/mol. The summed E-state index contributed by atoms with van der Waals surface area (Å²) in [5.74, 6) is -0.318. The quantitative estimate of drug-likeness (QED) is 0.817. The maximum atomic E-state index is 12.6. The van der Waals surface area contributed by atoms with Crippen LogP contribution in [0.3, 0.4) is 0 Å². The van der Waals surface area contributed by atoms with Crippen molar-refractivity contribution in [3.63, 3.8) is 0 Å². The Kier molecular flexibility index (Phi) is 5.95. The van der Waals surface area contributed by atoms with Crippen molar-refractivity contribution in [3.05, 3.63) is 59.7 Å². The number of rotatable bonds is 6. The molecule has 0 saturated carbocycles. The fourth-order valence-electron chi connectivity index (χ4n) is 2.18. The largest absolute Gasteiger partial charge is 0.490 e. The zero-order valence-corrected chi connectivity index (χ0v) is 14.0. The number of hydrogen-bond donors (Lipinski definition) is 1. The highest BCUT2D eigenvalue weighted by atomic mass is 16.5. The lowest BCUT2D eigenvalue weighted by atomic mass is 10.1. The molecular weight excluding hydrogens is 306 g/mol. The van der Waals surface area contributed by atoms with Gasteiger partial charge in [-0.25, -0.2) is 4.79 Å². The van der Waals surface area contributed by atoms with Crippen LogP contribution in [0.15, 0.2) is 48.5 Å². The Hall–Kier alpha value is -2.82. The summed E-state index contributed by atoms with van der Waals surface area (Å²) in [7, 11) is 0. The fraction of sp³-hybridized carbons (Fsp3) is 0.263. The molecule has 0 unspecified atom stereocenters. The molecule has 0 heterocycles. The van der Waals surface area contributed by atoms with E-state index in [9.17, 15) is 9.59 Å². The number of anilines is 1. The zero-order chi connectivity index (χ0) is 17.5. The molecule has 0 aliphatic heterocycles. The van der Waals surface area contributed by atoms with Crippen LogP contribution in [0.25, 0.3) is 0 Å². The van der Waals surface area contributed by atoms with Crippen molar-refractivity contribution in [2.45, 2.75) is 26.9 Å². The average molecular weight is 327 g/mol. The van der Waals surface area contributed by atoms with E-state index in [1.165, 1.54) is 0 Å². The maximum absolute atomic E-state index is 12.6. The number of nitrogens with one attached hydrogen (secondary N) is 1. The van der Waals surface area contributed by atoms with Crippen LogP contribution in [0, 0.1) is 0 Å². The van der Waals surface area contributed by atoms with Crippen molar-refractivity contribution in [2.75, 3.05) is 11.9 Å². The van der Waals surface area contributed by atoms with Gasteiger partial charge in [0, 0.05) is 0 Å². The summed E-state index contributed by atoms with van der Waals surface area (Å²) >= 11 is 0. The average Bonchev–Trinajstić information content (AvgIpc) is 2.55. The second-order valence-electron chi connectivity index (χ2n) is 5.38. The van der Waals surface area contributed by atoms with Crippen molar-refractivity contribution >= 4 is 17.6 Å². The number of carbonyl (C=O) groups is 2. The van der Waals surface area contributed by atoms with Crippen LogP contribution in [-0.2, 0) is 4.74 Å². The van der Waals surface area contributed by atoms with E-state index in [1.54, 1.807) is 55.5 Å². The molecule has 2 rings (SSSR count). The second kappa shape index (κ2) is 8.15. The van der Waals surface area contributed by atoms with Gasteiger partial charge >= 0.3 is 5.97 Å². The highest BCUT2D eigenvalue weighted by molar-refractivity contribution is 6.09. The third-order valence-electron chi connectivity index (χ3n) is 3.16. The molecule has 0 aromatic heterocycles. The summed E-state index contributed by atoms with van der Waals surface area (Å²) in [6, 6.07) is 13.7. The van der Waals surface area contributed by atoms with Crippen molar-refractivity contribution in [3.8, 4) is 5.75 Å². The molecule has 1 N–H and O–H groups in total. The van der Waals surface area contributed by atoms with Gasteiger partial charge in [-0.05, 0) is 45.0 Å². The molecule has 0 spiro atoms. The molecule has 2 aromatic carbocycles. The van der Waals surface area contributed by atoms with Crippen molar-refractivity contribution in [1.82, 2.24) is 0 Å². The lowest BCUT2D eigenvalue weighted by Crippen LogP contribution is -2.18. The third kappa shape index (κ3) is 4.35. The van der Waals surface area contributed by atoms with Gasteiger partial charge in [0.25, 0.3) is 5.91 Å². The van der Waals surface area contributed by atoms with E-state index in [1.807, 2.05) is 13.8 Å². The van der Waals surface area contributed by atoms with Crippen LogP contribution in [0.2, 0.25) is 0 Å². The molecule has 0 fully saturated rings. The van der Waals surface area contributed by atoms with Crippen molar-refractivity contribution in [1.29, 1.82) is 0 Å². The van der Waals surface area contributed by atoms with E-state index in [-0.39, 0.29) is 18.6 Å². The highest BCUT2D eigenvalue weighted by Crippen LogP contribution is 2.22. The van der Waals surface area contributed by atoms with Crippen LogP contribution in [0.5, 0.6) is 5.75 Å². The predicted octanol–water partition coefficient (Wildman–Crippen LogP) is 3.90. The Bertz CT molecular complexity index is 725. The Balaban J connectivity index is 2.27. The van der Waals surface area contributed by atoms with E-state index >= 15 is 0 Å². The number of benzene rings is 2. The molecule has 5 heteroatoms. The highest BCUT2D eigenvalue weighted by Gasteiger charge is 2.17. The Labute approximate surface area is 141 Å². The molecule has 0 radical (unpaired) electrons. The summed E-state index contributed by atoms with van der Waals surface area (Å²) in [6.07, 6.45) is -0.0502. The summed E-state index contributed by atoms with van der Waals surface area (Å²) in [6.45, 7) is 5.79. The molecular formula is C19H21NO4. The summed E-state index contributed by atoms with van der Waals surface area (Å²) < 4.78 is 10.7. The first-order chi connectivity index (χ1) is 11.5. The molecule has 0 bridgehead atoms. The summed E-state index contributed by atoms with van der Waals surface area (Å²) in [5.41, 5.74) is 1.13. The minimum absolute atomic E-state index is 0.0502. The van der Waals surface area contributed by atoms with E-state index in [0.717, 1.165) is 0 Å². The molecule has 0 atom stereocenters. The van der Waals surface area contributed by atoms with Crippen LogP contribution in [0.1, 0.15) is 41.5 Å². The Morgan fingerprint density at radius 2 is 1.62 bits per heavy atom. The van der Waals surface area contributed by atoms with Crippen LogP contribution >= 0.6 is 0 Å². The number of esters is 1. The van der Waals surface area contributed by atoms with Gasteiger partial charge in [0.2, 0.25) is 0 Å². The normalized spacial score (nSPS) is 10.3. The van der Waals surface area contributed by atoms with Gasteiger partial charge in [-0.1, -0.05) is 24.3 Å². The van der Waals surface area contributed by atoms with Crippen LogP contribution in [0.4, 0.5) is 5.69 Å². The summed E-state index contributed by atoms with van der Waals surface area (Å²) in [5, 5.41) is 2.76. The number of ether oxygens (including phenoxy) is 2. The van der Waals surface area contributed by atoms with Gasteiger partial charge in [0.1, 0.15) is 5.75 Å². The lowest BCUT2D eigenvalue weighted by molar-refractivity contribution is 0.0527. The van der Waals surface area contributed by atoms with Gasteiger partial charge in [-0.15, -0.1) is 0 Å². The van der Waals surface area contributed by atoms with Gasteiger partial charge in [-0.3, -0.25) is 4.79 Å². The number of amides is 1. The van der Waals surface area contributed by atoms with Crippen molar-refractivity contribution in [2.24, 2.45) is 0 Å². The maximum Gasteiger partial charge on any atom is 0.340 e. The molecule has 0 aliphatic rings. The van der Waals surface area contributed by atoms with Gasteiger partial charge in [-0.2, -0.15) is 0 Å². The SMILES string of the molecule is CCOC(=O)c1ccccc1NC(=O)c1ccccc1OC(C)C. The van der Waals surface area contributed by atoms with Gasteiger partial charge in [0.15, 0.2) is 0 Å². The standard InChI is InChI=1S/C19H21NO4/c1-4-23-19(22)14-9-5-7-11-16(14)20-18(21)15-10-6-8-12-17(15)24-13(2)3/h5-13H,4H2,1-3H3,(H,20,21). The third-order valence-corrected chi connectivity index (χ3v) is 3.16. The topological polar surface area (TPSA) is 64.6 Å². The Morgan fingerprint density at radius 1 is 1.00 bits per heavy atom. The molecule has 5 nitrogen and oxygen atoms in total. The lowest BCUT2D eigenvalue weighted by Gasteiger charge is -2.15. The number of hydrogen-bond acceptors (Lipinski definition) is 4. The zero-order valence-electron chi connectivity index (χ0n) is 14.0. The van der Waals surface area contributed by atoms with E-state index in [4.69, 9.17) is 9.47 Å². The number of carbonyl (C=O) groups excluding carboxylic acids is 2. The van der Waals surface area contributed by atoms with Crippen molar-refractivity contribution < 1.29 is 19.1 Å². The van der Waals surface area contributed by atoms with E-state index in [2.05, 4.69) is 5.32 Å². The molecule has 126 valence electrons. The molecule has 0 aliphatic carbocycles. The fourth-order valence-corrected chi connectivity index (χ4v) is 2.18. The van der Waals surface area contributed by atoms with Crippen LogP contribution in [-0.4, -0.2) is 24.6 Å².